The maximum absolute atomic E-state index is 13.1. The number of benzene rings is 1. The van der Waals surface area contributed by atoms with Crippen LogP contribution in [0.1, 0.15) is 44.2 Å². The number of para-hydroxylation sites is 1. The summed E-state index contributed by atoms with van der Waals surface area (Å²) in [6, 6.07) is 7.31. The largest absolute Gasteiger partial charge is 0.496 e. The molecule has 1 aromatic carbocycles. The van der Waals surface area contributed by atoms with Gasteiger partial charge in [0, 0.05) is 30.1 Å². The molecule has 1 N–H and O–H groups in total. The first-order chi connectivity index (χ1) is 13.2. The number of thiazole rings is 1. The third-order valence-corrected chi connectivity index (χ3v) is 5.60. The number of rotatable bonds is 7. The second-order valence-electron chi connectivity index (χ2n) is 6.60. The molecule has 1 fully saturated rings. The van der Waals surface area contributed by atoms with Crippen molar-refractivity contribution in [3.05, 3.63) is 41.4 Å². The van der Waals surface area contributed by atoms with Crippen molar-refractivity contribution in [3.8, 4) is 5.75 Å². The predicted molar refractivity (Wildman–Crippen MR) is 106 cm³/mol. The number of nitrogens with one attached hydrogen (secondary N) is 1. The lowest BCUT2D eigenvalue weighted by Crippen LogP contribution is -2.47. The summed E-state index contributed by atoms with van der Waals surface area (Å²) in [7, 11) is 1.62. The molecule has 0 bridgehead atoms. The van der Waals surface area contributed by atoms with Gasteiger partial charge in [-0.05, 0) is 18.9 Å². The van der Waals surface area contributed by atoms with Crippen molar-refractivity contribution in [1.82, 2.24) is 9.88 Å². The van der Waals surface area contributed by atoms with Crippen LogP contribution in [0.3, 0.4) is 0 Å². The van der Waals surface area contributed by atoms with E-state index in [9.17, 15) is 9.59 Å². The van der Waals surface area contributed by atoms with Crippen molar-refractivity contribution in [2.45, 2.75) is 38.6 Å². The van der Waals surface area contributed by atoms with Crippen LogP contribution >= 0.6 is 11.3 Å². The van der Waals surface area contributed by atoms with Crippen LogP contribution < -0.4 is 10.1 Å². The Bertz CT molecular complexity index is 779. The second kappa shape index (κ2) is 8.99. The van der Waals surface area contributed by atoms with E-state index in [1.807, 2.05) is 34.5 Å². The molecule has 0 unspecified atom stereocenters. The molecule has 0 aliphatic carbocycles. The molecule has 27 heavy (non-hydrogen) atoms. The first-order valence-electron chi connectivity index (χ1n) is 9.28. The number of nitrogens with zero attached hydrogens (tertiary/aromatic N) is 2. The van der Waals surface area contributed by atoms with Crippen molar-refractivity contribution in [1.29, 1.82) is 0 Å². The number of unbranched alkanes of at least 4 members (excludes halogenated alkanes) is 1. The number of anilines is 1. The molecule has 1 aliphatic heterocycles. The molecule has 2 amide bonds. The molecule has 6 nitrogen and oxygen atoms in total. The minimum atomic E-state index is -0.347. The Morgan fingerprint density at radius 2 is 2.22 bits per heavy atom. The number of methoxy groups -OCH3 is 1. The summed E-state index contributed by atoms with van der Waals surface area (Å²) in [4.78, 5) is 31.8. The fourth-order valence-corrected chi connectivity index (χ4v) is 4.13. The Labute approximate surface area is 163 Å². The molecule has 1 saturated heterocycles. The number of carbonyl (C=O) groups is 2. The van der Waals surface area contributed by atoms with E-state index >= 15 is 0 Å². The molecule has 2 heterocycles. The van der Waals surface area contributed by atoms with Gasteiger partial charge in [-0.15, -0.1) is 11.3 Å². The van der Waals surface area contributed by atoms with Crippen molar-refractivity contribution >= 4 is 28.3 Å². The molecule has 0 saturated carbocycles. The van der Waals surface area contributed by atoms with Gasteiger partial charge in [0.15, 0.2) is 5.13 Å². The summed E-state index contributed by atoms with van der Waals surface area (Å²) in [5.74, 6) is 0.345. The minimum absolute atomic E-state index is 0.0951. The number of hydrogen-bond acceptors (Lipinski definition) is 5. The van der Waals surface area contributed by atoms with Crippen LogP contribution in [0.5, 0.6) is 5.75 Å². The highest BCUT2D eigenvalue weighted by Gasteiger charge is 2.41. The van der Waals surface area contributed by atoms with Crippen LogP contribution in [0.4, 0.5) is 5.13 Å². The number of aromatic nitrogens is 1. The summed E-state index contributed by atoms with van der Waals surface area (Å²) in [6.07, 6.45) is 4.44. The average Bonchev–Trinajstić information content (AvgIpc) is 3.19. The highest BCUT2D eigenvalue weighted by Crippen LogP contribution is 2.41. The molecule has 3 rings (SSSR count). The van der Waals surface area contributed by atoms with Gasteiger partial charge in [0.05, 0.1) is 19.1 Å². The number of hydrogen-bond donors (Lipinski definition) is 1. The van der Waals surface area contributed by atoms with Crippen molar-refractivity contribution in [2.75, 3.05) is 19.0 Å². The van der Waals surface area contributed by atoms with Crippen molar-refractivity contribution in [2.24, 2.45) is 5.92 Å². The number of carbonyl (C=O) groups excluding carboxylic acids is 2. The van der Waals surface area contributed by atoms with Gasteiger partial charge >= 0.3 is 0 Å². The lowest BCUT2D eigenvalue weighted by Gasteiger charge is -2.41. The zero-order chi connectivity index (χ0) is 19.2. The van der Waals surface area contributed by atoms with Crippen LogP contribution in [0.15, 0.2) is 35.8 Å². The standard InChI is InChI=1S/C20H25N3O3S/c1-3-4-12-23-17(24)10-9-15(19(25)22-20-21-11-13-27-20)18(23)14-7-5-6-8-16(14)26-2/h5-8,11,13,15,18H,3-4,9-10,12H2,1-2H3,(H,21,22,25)/t15-,18-/m0/s1. The van der Waals surface area contributed by atoms with E-state index in [2.05, 4.69) is 17.2 Å². The average molecular weight is 388 g/mol. The third-order valence-electron chi connectivity index (χ3n) is 4.92. The fourth-order valence-electron chi connectivity index (χ4n) is 3.60. The molecule has 144 valence electrons. The Morgan fingerprint density at radius 3 is 2.93 bits per heavy atom. The van der Waals surface area contributed by atoms with Crippen LogP contribution in [0, 0.1) is 5.92 Å². The van der Waals surface area contributed by atoms with E-state index in [0.717, 1.165) is 18.4 Å². The maximum Gasteiger partial charge on any atom is 0.231 e. The normalized spacial score (nSPS) is 19.8. The lowest BCUT2D eigenvalue weighted by molar-refractivity contribution is -0.142. The quantitative estimate of drug-likeness (QED) is 0.783. The number of ether oxygens (including phenoxy) is 1. The second-order valence-corrected chi connectivity index (χ2v) is 7.49. The van der Waals surface area contributed by atoms with Crippen LogP contribution in [0.25, 0.3) is 0 Å². The highest BCUT2D eigenvalue weighted by atomic mass is 32.1. The molecule has 1 aliphatic rings. The van der Waals surface area contributed by atoms with E-state index in [1.165, 1.54) is 11.3 Å². The molecular formula is C20H25N3O3S. The Morgan fingerprint density at radius 1 is 1.41 bits per heavy atom. The monoisotopic (exact) mass is 387 g/mol. The SMILES string of the molecule is CCCCN1C(=O)CC[C@H](C(=O)Nc2nccs2)[C@@H]1c1ccccc1OC. The zero-order valence-corrected chi connectivity index (χ0v) is 16.5. The van der Waals surface area contributed by atoms with Crippen molar-refractivity contribution in [3.63, 3.8) is 0 Å². The predicted octanol–water partition coefficient (Wildman–Crippen LogP) is 3.87. The molecule has 2 aromatic rings. The number of piperidine rings is 1. The minimum Gasteiger partial charge on any atom is -0.496 e. The first-order valence-corrected chi connectivity index (χ1v) is 10.2. The van der Waals surface area contributed by atoms with Crippen LogP contribution in [-0.2, 0) is 9.59 Å². The van der Waals surface area contributed by atoms with Gasteiger partial charge in [-0.1, -0.05) is 31.5 Å². The summed E-state index contributed by atoms with van der Waals surface area (Å²) < 4.78 is 5.54. The molecule has 2 atom stereocenters. The van der Waals surface area contributed by atoms with Gasteiger partial charge in [0.25, 0.3) is 0 Å². The summed E-state index contributed by atoms with van der Waals surface area (Å²) >= 11 is 1.39. The summed E-state index contributed by atoms with van der Waals surface area (Å²) in [5, 5.41) is 5.31. The number of likely N-dealkylation sites (tertiary alicyclic amines) is 1. The fraction of sp³-hybridized carbons (Fsp3) is 0.450. The van der Waals surface area contributed by atoms with Gasteiger partial charge in [-0.3, -0.25) is 9.59 Å². The molecule has 0 spiro atoms. The number of amides is 2. The van der Waals surface area contributed by atoms with E-state index in [1.54, 1.807) is 13.3 Å². The molecular weight excluding hydrogens is 362 g/mol. The van der Waals surface area contributed by atoms with E-state index < -0.39 is 0 Å². The van der Waals surface area contributed by atoms with Gasteiger partial charge in [-0.25, -0.2) is 4.98 Å². The van der Waals surface area contributed by atoms with E-state index in [-0.39, 0.29) is 23.8 Å². The topological polar surface area (TPSA) is 71.5 Å². The zero-order valence-electron chi connectivity index (χ0n) is 15.7. The summed E-state index contributed by atoms with van der Waals surface area (Å²) in [5.41, 5.74) is 0.878. The van der Waals surface area contributed by atoms with Crippen LogP contribution in [0.2, 0.25) is 0 Å². The van der Waals surface area contributed by atoms with E-state index in [0.29, 0.717) is 30.3 Å². The Kier molecular flexibility index (Phi) is 6.45. The lowest BCUT2D eigenvalue weighted by atomic mass is 9.83. The van der Waals surface area contributed by atoms with Gasteiger partial charge in [0.1, 0.15) is 5.75 Å². The Balaban J connectivity index is 1.96. The molecule has 1 aromatic heterocycles. The van der Waals surface area contributed by atoms with E-state index in [4.69, 9.17) is 4.74 Å². The van der Waals surface area contributed by atoms with Crippen molar-refractivity contribution < 1.29 is 14.3 Å². The Hall–Kier alpha value is -2.41. The maximum atomic E-state index is 13.1. The van der Waals surface area contributed by atoms with Gasteiger partial charge in [-0.2, -0.15) is 0 Å². The van der Waals surface area contributed by atoms with Gasteiger partial charge < -0.3 is 15.0 Å². The molecule has 0 radical (unpaired) electrons. The first kappa shape index (κ1) is 19.4. The summed E-state index contributed by atoms with van der Waals surface area (Å²) in [6.45, 7) is 2.73. The van der Waals surface area contributed by atoms with Gasteiger partial charge in [0.2, 0.25) is 11.8 Å². The molecule has 7 heteroatoms. The third kappa shape index (κ3) is 4.30. The van der Waals surface area contributed by atoms with Crippen LogP contribution in [-0.4, -0.2) is 35.4 Å². The highest BCUT2D eigenvalue weighted by molar-refractivity contribution is 7.13. The smallest absolute Gasteiger partial charge is 0.231 e.